The van der Waals surface area contributed by atoms with Crippen LogP contribution in [0.4, 0.5) is 0 Å². The Bertz CT molecular complexity index is 437. The van der Waals surface area contributed by atoms with Gasteiger partial charge in [-0.3, -0.25) is 0 Å². The van der Waals surface area contributed by atoms with Crippen LogP contribution in [-0.4, -0.2) is 17.9 Å². The first-order valence-corrected chi connectivity index (χ1v) is 5.17. The number of rotatable bonds is 0. The average molecular weight is 203 g/mol. The van der Waals surface area contributed by atoms with Gasteiger partial charge in [-0.1, -0.05) is 17.3 Å². The van der Waals surface area contributed by atoms with Gasteiger partial charge < -0.3 is 9.57 Å². The topological polar surface area (TPSA) is 30.8 Å². The molecule has 1 atom stereocenters. The molecule has 0 saturated heterocycles. The fourth-order valence-electron chi connectivity index (χ4n) is 2.12. The smallest absolute Gasteiger partial charge is 0.143 e. The third kappa shape index (κ3) is 1.16. The summed E-state index contributed by atoms with van der Waals surface area (Å²) in [5.41, 5.74) is 1.85. The van der Waals surface area contributed by atoms with Gasteiger partial charge in [-0.15, -0.1) is 0 Å². The average Bonchev–Trinajstić information content (AvgIpc) is 2.55. The Labute approximate surface area is 88.7 Å². The Morgan fingerprint density at radius 1 is 1.33 bits per heavy atom. The Hall–Kier alpha value is -1.51. The van der Waals surface area contributed by atoms with Crippen molar-refractivity contribution in [1.82, 2.24) is 0 Å². The minimum Gasteiger partial charge on any atom is -0.492 e. The highest BCUT2D eigenvalue weighted by Gasteiger charge is 2.45. The molecule has 0 amide bonds. The van der Waals surface area contributed by atoms with E-state index >= 15 is 0 Å². The van der Waals surface area contributed by atoms with Gasteiger partial charge in [0.25, 0.3) is 0 Å². The first-order chi connectivity index (χ1) is 7.18. The lowest BCUT2D eigenvalue weighted by Crippen LogP contribution is -2.39. The molecule has 0 N–H and O–H groups in total. The zero-order valence-corrected chi connectivity index (χ0v) is 8.86. The summed E-state index contributed by atoms with van der Waals surface area (Å²) in [5, 5.41) is 4.19. The molecule has 15 heavy (non-hydrogen) atoms. The van der Waals surface area contributed by atoms with Crippen molar-refractivity contribution in [2.75, 3.05) is 6.61 Å². The summed E-state index contributed by atoms with van der Waals surface area (Å²) in [7, 11) is 0. The number of fused-ring (bicyclic) bond motifs is 3. The van der Waals surface area contributed by atoms with Crippen LogP contribution in [0, 0.1) is 5.92 Å². The molecular weight excluding hydrogens is 190 g/mol. The van der Waals surface area contributed by atoms with Crippen molar-refractivity contribution in [1.29, 1.82) is 0 Å². The second-order valence-electron chi connectivity index (χ2n) is 4.53. The lowest BCUT2D eigenvalue weighted by molar-refractivity contribution is -0.0240. The second kappa shape index (κ2) is 2.75. The Balaban J connectivity index is 2.10. The molecule has 2 aliphatic rings. The fraction of sp³-hybridized carbons (Fsp3) is 0.417. The summed E-state index contributed by atoms with van der Waals surface area (Å²) in [6.45, 7) is 4.75. The standard InChI is InChI=1S/C12H13NO2/c1-12(2)9-7-14-10-6-4-3-5-8(10)11(9)13-15-12/h3-6,9H,7H2,1-2H3. The van der Waals surface area contributed by atoms with Crippen LogP contribution in [0.25, 0.3) is 0 Å². The molecule has 0 fully saturated rings. The van der Waals surface area contributed by atoms with E-state index < -0.39 is 0 Å². The molecule has 0 spiro atoms. The van der Waals surface area contributed by atoms with Crippen LogP contribution in [0.3, 0.4) is 0 Å². The van der Waals surface area contributed by atoms with Gasteiger partial charge in [-0.05, 0) is 26.0 Å². The van der Waals surface area contributed by atoms with Crippen LogP contribution >= 0.6 is 0 Å². The van der Waals surface area contributed by atoms with Crippen LogP contribution in [-0.2, 0) is 4.84 Å². The number of oxime groups is 1. The van der Waals surface area contributed by atoms with Crippen molar-refractivity contribution in [3.63, 3.8) is 0 Å². The number of benzene rings is 1. The minimum atomic E-state index is -0.247. The van der Waals surface area contributed by atoms with E-state index in [0.717, 1.165) is 17.0 Å². The van der Waals surface area contributed by atoms with Gasteiger partial charge in [0.15, 0.2) is 0 Å². The van der Waals surface area contributed by atoms with Crippen LogP contribution in [0.2, 0.25) is 0 Å². The van der Waals surface area contributed by atoms with Gasteiger partial charge in [0.1, 0.15) is 23.7 Å². The maximum absolute atomic E-state index is 5.71. The van der Waals surface area contributed by atoms with E-state index in [9.17, 15) is 0 Å². The molecule has 0 radical (unpaired) electrons. The van der Waals surface area contributed by atoms with E-state index in [4.69, 9.17) is 9.57 Å². The van der Waals surface area contributed by atoms with E-state index in [1.54, 1.807) is 0 Å². The molecule has 0 aromatic heterocycles. The summed E-state index contributed by atoms with van der Waals surface area (Å²) in [4.78, 5) is 5.45. The molecule has 1 aromatic rings. The zero-order valence-electron chi connectivity index (χ0n) is 8.86. The van der Waals surface area contributed by atoms with Crippen LogP contribution in [0.1, 0.15) is 19.4 Å². The monoisotopic (exact) mass is 203 g/mol. The van der Waals surface area contributed by atoms with Crippen LogP contribution < -0.4 is 4.74 Å². The summed E-state index contributed by atoms with van der Waals surface area (Å²) in [6, 6.07) is 7.98. The van der Waals surface area contributed by atoms with Gasteiger partial charge in [0.05, 0.1) is 5.92 Å². The highest BCUT2D eigenvalue weighted by molar-refractivity contribution is 6.06. The van der Waals surface area contributed by atoms with Crippen LogP contribution in [0.15, 0.2) is 29.4 Å². The molecule has 3 heteroatoms. The number of nitrogens with zero attached hydrogens (tertiary/aromatic N) is 1. The third-order valence-electron chi connectivity index (χ3n) is 3.12. The largest absolute Gasteiger partial charge is 0.492 e. The van der Waals surface area contributed by atoms with Gasteiger partial charge in [0, 0.05) is 5.56 Å². The Kier molecular flexibility index (Phi) is 1.61. The first-order valence-electron chi connectivity index (χ1n) is 5.17. The summed E-state index contributed by atoms with van der Waals surface area (Å²) in [5.74, 6) is 1.15. The van der Waals surface area contributed by atoms with E-state index in [1.165, 1.54) is 0 Å². The SMILES string of the molecule is CC1(C)ON=C2c3ccccc3OCC21. The van der Waals surface area contributed by atoms with Crippen molar-refractivity contribution >= 4 is 5.71 Å². The van der Waals surface area contributed by atoms with Crippen LogP contribution in [0.5, 0.6) is 5.75 Å². The maximum atomic E-state index is 5.71. The number of hydrogen-bond acceptors (Lipinski definition) is 3. The molecule has 2 aliphatic heterocycles. The Morgan fingerprint density at radius 3 is 3.00 bits per heavy atom. The van der Waals surface area contributed by atoms with Crippen molar-refractivity contribution in [2.24, 2.45) is 11.1 Å². The van der Waals surface area contributed by atoms with Gasteiger partial charge in [-0.2, -0.15) is 0 Å². The Morgan fingerprint density at radius 2 is 2.13 bits per heavy atom. The quantitative estimate of drug-likeness (QED) is 0.647. The maximum Gasteiger partial charge on any atom is 0.143 e. The molecule has 0 aliphatic carbocycles. The summed E-state index contributed by atoms with van der Waals surface area (Å²) in [6.07, 6.45) is 0. The van der Waals surface area contributed by atoms with Crippen molar-refractivity contribution in [2.45, 2.75) is 19.4 Å². The minimum absolute atomic E-state index is 0.243. The van der Waals surface area contributed by atoms with E-state index in [-0.39, 0.29) is 11.5 Å². The lowest BCUT2D eigenvalue weighted by atomic mass is 9.83. The predicted molar refractivity (Wildman–Crippen MR) is 57.1 cm³/mol. The second-order valence-corrected chi connectivity index (χ2v) is 4.53. The molecule has 78 valence electrons. The fourth-order valence-corrected chi connectivity index (χ4v) is 2.12. The third-order valence-corrected chi connectivity index (χ3v) is 3.12. The molecule has 3 rings (SSSR count). The van der Waals surface area contributed by atoms with Gasteiger partial charge in [-0.25, -0.2) is 0 Å². The lowest BCUT2D eigenvalue weighted by Gasteiger charge is -2.29. The van der Waals surface area contributed by atoms with E-state index in [0.29, 0.717) is 6.61 Å². The van der Waals surface area contributed by atoms with E-state index in [1.807, 2.05) is 38.1 Å². The predicted octanol–water partition coefficient (Wildman–Crippen LogP) is 2.21. The van der Waals surface area contributed by atoms with Crippen molar-refractivity contribution < 1.29 is 9.57 Å². The summed E-state index contributed by atoms with van der Waals surface area (Å²) < 4.78 is 5.71. The van der Waals surface area contributed by atoms with Crippen molar-refractivity contribution in [3.8, 4) is 5.75 Å². The zero-order chi connectivity index (χ0) is 10.5. The molecule has 3 nitrogen and oxygen atoms in total. The normalized spacial score (nSPS) is 25.7. The molecule has 0 bridgehead atoms. The molecule has 1 aromatic carbocycles. The number of para-hydroxylation sites is 1. The molecular formula is C12H13NO2. The number of hydrogen-bond donors (Lipinski definition) is 0. The van der Waals surface area contributed by atoms with Gasteiger partial charge >= 0.3 is 0 Å². The van der Waals surface area contributed by atoms with Gasteiger partial charge in [0.2, 0.25) is 0 Å². The highest BCUT2D eigenvalue weighted by atomic mass is 16.7. The highest BCUT2D eigenvalue weighted by Crippen LogP contribution is 2.38. The molecule has 0 saturated carbocycles. The first kappa shape index (κ1) is 8.77. The molecule has 2 heterocycles. The summed E-state index contributed by atoms with van der Waals surface area (Å²) >= 11 is 0. The number of ether oxygens (including phenoxy) is 1. The molecule has 1 unspecified atom stereocenters. The van der Waals surface area contributed by atoms with Crippen molar-refractivity contribution in [3.05, 3.63) is 29.8 Å². The van der Waals surface area contributed by atoms with E-state index in [2.05, 4.69) is 5.16 Å².